The van der Waals surface area contributed by atoms with Crippen LogP contribution in [0.4, 0.5) is 11.5 Å². The first-order valence-corrected chi connectivity index (χ1v) is 10.3. The molecule has 2 aromatic heterocycles. The second-order valence-corrected chi connectivity index (χ2v) is 7.32. The van der Waals surface area contributed by atoms with Gasteiger partial charge in [0.25, 0.3) is 0 Å². The Balaban J connectivity index is 1.37. The summed E-state index contributed by atoms with van der Waals surface area (Å²) in [6, 6.07) is 14.2. The van der Waals surface area contributed by atoms with E-state index < -0.39 is 0 Å². The molecular formula is C23H28N4O. The van der Waals surface area contributed by atoms with E-state index in [2.05, 4.69) is 34.3 Å². The van der Waals surface area contributed by atoms with Crippen molar-refractivity contribution in [3.05, 3.63) is 54.4 Å². The van der Waals surface area contributed by atoms with Crippen LogP contribution in [-0.2, 0) is 6.42 Å². The lowest BCUT2D eigenvalue weighted by molar-refractivity contribution is 0.183. The van der Waals surface area contributed by atoms with Gasteiger partial charge in [0.1, 0.15) is 18.2 Å². The molecule has 28 heavy (non-hydrogen) atoms. The molecule has 146 valence electrons. The molecule has 0 amide bonds. The van der Waals surface area contributed by atoms with Crippen molar-refractivity contribution in [2.45, 2.75) is 32.6 Å². The summed E-state index contributed by atoms with van der Waals surface area (Å²) in [5, 5.41) is 4.41. The normalized spacial score (nSPS) is 14.9. The smallest absolute Gasteiger partial charge is 0.131 e. The van der Waals surface area contributed by atoms with Crippen LogP contribution in [0.15, 0.2) is 48.7 Å². The first-order chi connectivity index (χ1) is 13.8. The van der Waals surface area contributed by atoms with E-state index in [9.17, 15) is 0 Å². The van der Waals surface area contributed by atoms with Crippen LogP contribution in [-0.4, -0.2) is 41.1 Å². The Hall–Kier alpha value is -2.66. The van der Waals surface area contributed by atoms with Crippen LogP contribution in [0.25, 0.3) is 10.9 Å². The molecule has 1 saturated heterocycles. The average Bonchev–Trinajstić information content (AvgIpc) is 2.75. The van der Waals surface area contributed by atoms with E-state index in [1.54, 1.807) is 0 Å². The summed E-state index contributed by atoms with van der Waals surface area (Å²) in [7, 11) is 0. The Morgan fingerprint density at radius 2 is 1.93 bits per heavy atom. The summed E-state index contributed by atoms with van der Waals surface area (Å²) in [6.45, 7) is 6.25. The van der Waals surface area contributed by atoms with Gasteiger partial charge in [0.15, 0.2) is 0 Å². The van der Waals surface area contributed by atoms with E-state index in [0.29, 0.717) is 0 Å². The molecule has 5 heteroatoms. The molecule has 0 bridgehead atoms. The van der Waals surface area contributed by atoms with E-state index in [4.69, 9.17) is 9.72 Å². The number of nitrogens with zero attached hydrogens (tertiary/aromatic N) is 3. The van der Waals surface area contributed by atoms with Gasteiger partial charge in [-0.15, -0.1) is 0 Å². The number of anilines is 2. The third kappa shape index (κ3) is 4.78. The molecule has 1 aliphatic rings. The van der Waals surface area contributed by atoms with Gasteiger partial charge in [-0.3, -0.25) is 9.88 Å². The number of likely N-dealkylation sites (tertiary alicyclic amines) is 1. The molecule has 1 aromatic carbocycles. The first-order valence-electron chi connectivity index (χ1n) is 10.3. The molecule has 1 fully saturated rings. The number of benzene rings is 1. The Morgan fingerprint density at radius 1 is 1.04 bits per heavy atom. The molecule has 4 rings (SSSR count). The Bertz CT molecular complexity index is 904. The standard InChI is InChI=1S/C23H28N4O/c1-2-19-7-8-20(17-24-19)25-23-11-6-18-16-21(9-10-22(18)26-23)28-15-14-27-12-4-3-5-13-27/h6-11,16-17H,2-5,12-15H2,1H3,(H,25,26). The molecule has 3 aromatic rings. The molecule has 0 atom stereocenters. The third-order valence-corrected chi connectivity index (χ3v) is 5.24. The number of piperidine rings is 1. The van der Waals surface area contributed by atoms with Gasteiger partial charge in [0, 0.05) is 17.6 Å². The molecule has 0 radical (unpaired) electrons. The highest BCUT2D eigenvalue weighted by atomic mass is 16.5. The largest absolute Gasteiger partial charge is 0.492 e. The fraction of sp³-hybridized carbons (Fsp3) is 0.391. The maximum atomic E-state index is 5.97. The highest BCUT2D eigenvalue weighted by molar-refractivity contribution is 5.82. The van der Waals surface area contributed by atoms with Gasteiger partial charge >= 0.3 is 0 Å². The average molecular weight is 377 g/mol. The van der Waals surface area contributed by atoms with Crippen molar-refractivity contribution < 1.29 is 4.74 Å². The van der Waals surface area contributed by atoms with Crippen LogP contribution >= 0.6 is 0 Å². The van der Waals surface area contributed by atoms with Crippen LogP contribution in [0, 0.1) is 0 Å². The van der Waals surface area contributed by atoms with E-state index in [-0.39, 0.29) is 0 Å². The molecule has 0 unspecified atom stereocenters. The van der Waals surface area contributed by atoms with Crippen molar-refractivity contribution >= 4 is 22.4 Å². The molecule has 1 aliphatic heterocycles. The van der Waals surface area contributed by atoms with Crippen LogP contribution in [0.3, 0.4) is 0 Å². The molecule has 3 heterocycles. The van der Waals surface area contributed by atoms with Crippen molar-refractivity contribution in [2.24, 2.45) is 0 Å². The molecule has 0 spiro atoms. The highest BCUT2D eigenvalue weighted by Crippen LogP contribution is 2.23. The number of ether oxygens (including phenoxy) is 1. The van der Waals surface area contributed by atoms with Gasteiger partial charge in [-0.2, -0.15) is 0 Å². The molecule has 1 N–H and O–H groups in total. The number of hydrogen-bond donors (Lipinski definition) is 1. The summed E-state index contributed by atoms with van der Waals surface area (Å²) in [5.74, 6) is 1.73. The van der Waals surface area contributed by atoms with Gasteiger partial charge < -0.3 is 10.1 Å². The van der Waals surface area contributed by atoms with E-state index in [1.807, 2.05) is 36.5 Å². The maximum absolute atomic E-state index is 5.97. The van der Waals surface area contributed by atoms with Gasteiger partial charge in [-0.05, 0) is 74.8 Å². The van der Waals surface area contributed by atoms with Gasteiger partial charge in [-0.1, -0.05) is 13.3 Å². The maximum Gasteiger partial charge on any atom is 0.131 e. The van der Waals surface area contributed by atoms with Crippen LogP contribution < -0.4 is 10.1 Å². The number of pyridine rings is 2. The van der Waals surface area contributed by atoms with Crippen LogP contribution in [0.2, 0.25) is 0 Å². The summed E-state index contributed by atoms with van der Waals surface area (Å²) in [6.07, 6.45) is 6.79. The molecule has 5 nitrogen and oxygen atoms in total. The molecular weight excluding hydrogens is 348 g/mol. The Kier molecular flexibility index (Phi) is 6.02. The minimum Gasteiger partial charge on any atom is -0.492 e. The Labute approximate surface area is 166 Å². The Morgan fingerprint density at radius 3 is 2.71 bits per heavy atom. The van der Waals surface area contributed by atoms with Crippen molar-refractivity contribution in [1.82, 2.24) is 14.9 Å². The number of hydrogen-bond acceptors (Lipinski definition) is 5. The van der Waals surface area contributed by atoms with Crippen LogP contribution in [0.1, 0.15) is 31.9 Å². The van der Waals surface area contributed by atoms with Gasteiger partial charge in [0.2, 0.25) is 0 Å². The topological polar surface area (TPSA) is 50.3 Å². The highest BCUT2D eigenvalue weighted by Gasteiger charge is 2.09. The minimum atomic E-state index is 0.735. The van der Waals surface area contributed by atoms with Crippen molar-refractivity contribution in [3.63, 3.8) is 0 Å². The summed E-state index contributed by atoms with van der Waals surface area (Å²) < 4.78 is 5.97. The number of aryl methyl sites for hydroxylation is 1. The SMILES string of the molecule is CCc1ccc(Nc2ccc3cc(OCCN4CCCCC4)ccc3n2)cn1. The number of nitrogens with one attached hydrogen (secondary N) is 1. The van der Waals surface area contributed by atoms with Crippen LogP contribution in [0.5, 0.6) is 5.75 Å². The zero-order valence-electron chi connectivity index (χ0n) is 16.5. The van der Waals surface area contributed by atoms with E-state index in [0.717, 1.165) is 53.4 Å². The lowest BCUT2D eigenvalue weighted by atomic mass is 10.1. The number of fused-ring (bicyclic) bond motifs is 1. The van der Waals surface area contributed by atoms with Gasteiger partial charge in [0.05, 0.1) is 17.4 Å². The molecule has 0 saturated carbocycles. The first kappa shape index (κ1) is 18.7. The van der Waals surface area contributed by atoms with Crippen molar-refractivity contribution in [2.75, 3.05) is 31.6 Å². The van der Waals surface area contributed by atoms with Crippen molar-refractivity contribution in [1.29, 1.82) is 0 Å². The zero-order valence-corrected chi connectivity index (χ0v) is 16.5. The summed E-state index contributed by atoms with van der Waals surface area (Å²) in [4.78, 5) is 11.6. The molecule has 0 aliphatic carbocycles. The lowest BCUT2D eigenvalue weighted by Gasteiger charge is -2.26. The number of aromatic nitrogens is 2. The summed E-state index contributed by atoms with van der Waals surface area (Å²) >= 11 is 0. The number of rotatable bonds is 7. The van der Waals surface area contributed by atoms with E-state index >= 15 is 0 Å². The minimum absolute atomic E-state index is 0.735. The quantitative estimate of drug-likeness (QED) is 0.642. The third-order valence-electron chi connectivity index (χ3n) is 5.24. The zero-order chi connectivity index (χ0) is 19.2. The second kappa shape index (κ2) is 9.02. The van der Waals surface area contributed by atoms with Crippen molar-refractivity contribution in [3.8, 4) is 5.75 Å². The monoisotopic (exact) mass is 376 g/mol. The second-order valence-electron chi connectivity index (χ2n) is 7.32. The predicted octanol–water partition coefficient (Wildman–Crippen LogP) is 4.80. The van der Waals surface area contributed by atoms with E-state index in [1.165, 1.54) is 32.4 Å². The van der Waals surface area contributed by atoms with Gasteiger partial charge in [-0.25, -0.2) is 4.98 Å². The fourth-order valence-electron chi connectivity index (χ4n) is 3.59. The fourth-order valence-corrected chi connectivity index (χ4v) is 3.59. The predicted molar refractivity (Wildman–Crippen MR) is 114 cm³/mol. The summed E-state index contributed by atoms with van der Waals surface area (Å²) in [5.41, 5.74) is 2.98. The lowest BCUT2D eigenvalue weighted by Crippen LogP contribution is -2.33.